The first-order valence-electron chi connectivity index (χ1n) is 7.24. The number of benzene rings is 1. The maximum Gasteiger partial charge on any atom is 0.257 e. The molecule has 1 aromatic carbocycles. The molecule has 4 nitrogen and oxygen atoms in total. The van der Waals surface area contributed by atoms with Crippen molar-refractivity contribution in [2.45, 2.75) is 32.5 Å². The third-order valence-corrected chi connectivity index (χ3v) is 3.57. The van der Waals surface area contributed by atoms with Crippen molar-refractivity contribution in [1.82, 2.24) is 15.1 Å². The van der Waals surface area contributed by atoms with Crippen LogP contribution in [0.5, 0.6) is 0 Å². The predicted molar refractivity (Wildman–Crippen MR) is 79.7 cm³/mol. The van der Waals surface area contributed by atoms with Gasteiger partial charge in [0.2, 0.25) is 0 Å². The number of nitrogens with one attached hydrogen (secondary N) is 1. The average Bonchev–Trinajstić information content (AvgIpc) is 3.11. The smallest absolute Gasteiger partial charge is 0.257 e. The topological polar surface area (TPSA) is 43.0 Å². The molecule has 0 fully saturated rings. The Bertz CT molecular complexity index is 797. The second-order valence-electron chi connectivity index (χ2n) is 5.37. The van der Waals surface area contributed by atoms with E-state index in [4.69, 9.17) is 4.42 Å². The van der Waals surface area contributed by atoms with Gasteiger partial charge in [0.1, 0.15) is 12.3 Å². The standard InChI is InChI=1S/C16H16F3N3O/c1-10(14-5-12-3-2-4-13(17)16(12)23-14)20-6-11-7-21-22(8-11)9-15(18)19/h2-5,7-8,10,15,20H,6,9H2,1H3. The van der Waals surface area contributed by atoms with Gasteiger partial charge in [-0.25, -0.2) is 13.2 Å². The molecule has 3 aromatic rings. The van der Waals surface area contributed by atoms with Crippen LogP contribution >= 0.6 is 0 Å². The third-order valence-electron chi connectivity index (χ3n) is 3.57. The van der Waals surface area contributed by atoms with E-state index in [0.717, 1.165) is 5.56 Å². The highest BCUT2D eigenvalue weighted by molar-refractivity contribution is 5.78. The van der Waals surface area contributed by atoms with Crippen LogP contribution in [0.2, 0.25) is 0 Å². The zero-order valence-electron chi connectivity index (χ0n) is 12.5. The second kappa shape index (κ2) is 6.45. The van der Waals surface area contributed by atoms with E-state index < -0.39 is 18.8 Å². The van der Waals surface area contributed by atoms with E-state index in [-0.39, 0.29) is 11.6 Å². The highest BCUT2D eigenvalue weighted by Crippen LogP contribution is 2.26. The quantitative estimate of drug-likeness (QED) is 0.748. The molecule has 122 valence electrons. The molecule has 0 aliphatic heterocycles. The summed E-state index contributed by atoms with van der Waals surface area (Å²) in [5.74, 6) is 0.222. The van der Waals surface area contributed by atoms with Crippen LogP contribution < -0.4 is 5.32 Å². The van der Waals surface area contributed by atoms with Gasteiger partial charge in [-0.1, -0.05) is 12.1 Å². The average molecular weight is 323 g/mol. The van der Waals surface area contributed by atoms with Gasteiger partial charge in [0.25, 0.3) is 6.43 Å². The number of fused-ring (bicyclic) bond motifs is 1. The molecule has 0 spiro atoms. The fraction of sp³-hybridized carbons (Fsp3) is 0.312. The summed E-state index contributed by atoms with van der Waals surface area (Å²) >= 11 is 0. The van der Waals surface area contributed by atoms with Crippen LogP contribution in [0.1, 0.15) is 24.3 Å². The molecule has 0 saturated heterocycles. The van der Waals surface area contributed by atoms with Crippen molar-refractivity contribution in [1.29, 1.82) is 0 Å². The molecule has 7 heteroatoms. The van der Waals surface area contributed by atoms with Gasteiger partial charge in [0.15, 0.2) is 11.4 Å². The van der Waals surface area contributed by atoms with Gasteiger partial charge in [-0.3, -0.25) is 4.68 Å². The first kappa shape index (κ1) is 15.6. The van der Waals surface area contributed by atoms with Crippen LogP contribution in [-0.2, 0) is 13.1 Å². The van der Waals surface area contributed by atoms with Gasteiger partial charge in [0.05, 0.1) is 12.2 Å². The van der Waals surface area contributed by atoms with Crippen molar-refractivity contribution < 1.29 is 17.6 Å². The monoisotopic (exact) mass is 323 g/mol. The van der Waals surface area contributed by atoms with Crippen LogP contribution in [0.4, 0.5) is 13.2 Å². The molecule has 1 atom stereocenters. The SMILES string of the molecule is CC(NCc1cnn(CC(F)F)c1)c1cc2cccc(F)c2o1. The van der Waals surface area contributed by atoms with Crippen molar-refractivity contribution in [2.75, 3.05) is 0 Å². The van der Waals surface area contributed by atoms with E-state index in [1.165, 1.54) is 10.7 Å². The zero-order valence-corrected chi connectivity index (χ0v) is 12.5. The van der Waals surface area contributed by atoms with Crippen LogP contribution in [-0.4, -0.2) is 16.2 Å². The molecular weight excluding hydrogens is 307 g/mol. The zero-order chi connectivity index (χ0) is 16.4. The molecule has 2 heterocycles. The lowest BCUT2D eigenvalue weighted by Crippen LogP contribution is -2.17. The number of nitrogens with zero attached hydrogens (tertiary/aromatic N) is 2. The lowest BCUT2D eigenvalue weighted by molar-refractivity contribution is 0.122. The van der Waals surface area contributed by atoms with Gasteiger partial charge >= 0.3 is 0 Å². The number of hydrogen-bond donors (Lipinski definition) is 1. The first-order valence-corrected chi connectivity index (χ1v) is 7.24. The Balaban J connectivity index is 1.65. The summed E-state index contributed by atoms with van der Waals surface area (Å²) in [5.41, 5.74) is 1.03. The molecule has 23 heavy (non-hydrogen) atoms. The van der Waals surface area contributed by atoms with Crippen LogP contribution in [0.15, 0.2) is 41.1 Å². The van der Waals surface area contributed by atoms with Crippen LogP contribution in [0, 0.1) is 5.82 Å². The summed E-state index contributed by atoms with van der Waals surface area (Å²) in [7, 11) is 0. The minimum absolute atomic E-state index is 0.153. The molecule has 3 rings (SSSR count). The van der Waals surface area contributed by atoms with E-state index in [9.17, 15) is 13.2 Å². The molecule has 0 radical (unpaired) electrons. The first-order chi connectivity index (χ1) is 11.0. The second-order valence-corrected chi connectivity index (χ2v) is 5.37. The van der Waals surface area contributed by atoms with E-state index in [0.29, 0.717) is 17.7 Å². The Morgan fingerprint density at radius 2 is 2.17 bits per heavy atom. The normalized spacial score (nSPS) is 13.1. The van der Waals surface area contributed by atoms with Gasteiger partial charge in [-0.05, 0) is 19.1 Å². The highest BCUT2D eigenvalue weighted by atomic mass is 19.3. The Labute approximate surface area is 130 Å². The summed E-state index contributed by atoms with van der Waals surface area (Å²) in [5, 5.41) is 7.79. The molecular formula is C16H16F3N3O. The van der Waals surface area contributed by atoms with E-state index in [1.807, 2.05) is 6.92 Å². The summed E-state index contributed by atoms with van der Waals surface area (Å²) < 4.78 is 45.0. The maximum atomic E-state index is 13.6. The Hall–Kier alpha value is -2.28. The van der Waals surface area contributed by atoms with E-state index in [2.05, 4.69) is 10.4 Å². The van der Waals surface area contributed by atoms with Crippen molar-refractivity contribution in [3.8, 4) is 0 Å². The molecule has 0 amide bonds. The minimum Gasteiger partial charge on any atom is -0.456 e. The number of furan rings is 1. The lowest BCUT2D eigenvalue weighted by Gasteiger charge is -2.09. The summed E-state index contributed by atoms with van der Waals surface area (Å²) in [6, 6.07) is 6.40. The lowest BCUT2D eigenvalue weighted by atomic mass is 10.2. The van der Waals surface area contributed by atoms with Crippen molar-refractivity contribution >= 4 is 11.0 Å². The van der Waals surface area contributed by atoms with E-state index >= 15 is 0 Å². The van der Waals surface area contributed by atoms with Crippen molar-refractivity contribution in [3.05, 3.63) is 53.8 Å². The minimum atomic E-state index is -2.43. The molecule has 0 aliphatic rings. The van der Waals surface area contributed by atoms with Crippen LogP contribution in [0.25, 0.3) is 11.0 Å². The highest BCUT2D eigenvalue weighted by Gasteiger charge is 2.14. The number of para-hydroxylation sites is 1. The number of hydrogen-bond acceptors (Lipinski definition) is 3. The summed E-state index contributed by atoms with van der Waals surface area (Å²) in [6.07, 6.45) is 0.685. The Kier molecular flexibility index (Phi) is 4.38. The summed E-state index contributed by atoms with van der Waals surface area (Å²) in [4.78, 5) is 0. The predicted octanol–water partition coefficient (Wildman–Crippen LogP) is 3.88. The fourth-order valence-corrected chi connectivity index (χ4v) is 2.37. The molecule has 0 bridgehead atoms. The Morgan fingerprint density at radius 3 is 2.91 bits per heavy atom. The van der Waals surface area contributed by atoms with Crippen molar-refractivity contribution in [2.24, 2.45) is 0 Å². The largest absolute Gasteiger partial charge is 0.456 e. The number of alkyl halides is 2. The van der Waals surface area contributed by atoms with Crippen LogP contribution in [0.3, 0.4) is 0 Å². The van der Waals surface area contributed by atoms with Gasteiger partial charge in [0, 0.05) is 23.7 Å². The molecule has 0 saturated carbocycles. The van der Waals surface area contributed by atoms with Gasteiger partial charge in [-0.2, -0.15) is 5.10 Å². The number of rotatable bonds is 6. The maximum absolute atomic E-state index is 13.6. The fourth-order valence-electron chi connectivity index (χ4n) is 2.37. The third kappa shape index (κ3) is 3.56. The van der Waals surface area contributed by atoms with Crippen molar-refractivity contribution in [3.63, 3.8) is 0 Å². The molecule has 2 aromatic heterocycles. The number of aromatic nitrogens is 2. The summed E-state index contributed by atoms with van der Waals surface area (Å²) in [6.45, 7) is 1.92. The van der Waals surface area contributed by atoms with E-state index in [1.54, 1.807) is 30.6 Å². The van der Waals surface area contributed by atoms with Gasteiger partial charge in [-0.15, -0.1) is 0 Å². The number of halogens is 3. The Morgan fingerprint density at radius 1 is 1.35 bits per heavy atom. The van der Waals surface area contributed by atoms with Gasteiger partial charge < -0.3 is 9.73 Å². The molecule has 1 unspecified atom stereocenters. The molecule has 1 N–H and O–H groups in total. The molecule has 0 aliphatic carbocycles.